The van der Waals surface area contributed by atoms with E-state index in [9.17, 15) is 0 Å². The predicted octanol–water partition coefficient (Wildman–Crippen LogP) is 2.76. The molecule has 0 aliphatic heterocycles. The Labute approximate surface area is 91.7 Å². The predicted molar refractivity (Wildman–Crippen MR) is 62.7 cm³/mol. The van der Waals surface area contributed by atoms with Crippen molar-refractivity contribution in [2.75, 3.05) is 0 Å². The average molecular weight is 201 g/mol. The number of benzene rings is 1. The van der Waals surface area contributed by atoms with Gasteiger partial charge in [0.2, 0.25) is 0 Å². The van der Waals surface area contributed by atoms with Gasteiger partial charge in [0.15, 0.2) is 0 Å². The third kappa shape index (κ3) is 1.50. The van der Waals surface area contributed by atoms with Crippen LogP contribution in [0, 0.1) is 5.92 Å². The van der Waals surface area contributed by atoms with Gasteiger partial charge in [-0.05, 0) is 61.6 Å². The van der Waals surface area contributed by atoms with Crippen molar-refractivity contribution in [3.63, 3.8) is 0 Å². The Morgan fingerprint density at radius 1 is 1.20 bits per heavy atom. The molecule has 0 radical (unpaired) electrons. The maximum atomic E-state index is 6.44. The van der Waals surface area contributed by atoms with E-state index in [0.29, 0.717) is 0 Å². The molecule has 15 heavy (non-hydrogen) atoms. The molecule has 0 heterocycles. The lowest BCUT2D eigenvalue weighted by Crippen LogP contribution is -2.35. The molecule has 1 fully saturated rings. The van der Waals surface area contributed by atoms with Crippen LogP contribution >= 0.6 is 0 Å². The quantitative estimate of drug-likeness (QED) is 0.782. The minimum absolute atomic E-state index is 0.0857. The van der Waals surface area contributed by atoms with Crippen molar-refractivity contribution in [1.29, 1.82) is 0 Å². The molecule has 1 nitrogen and oxygen atoms in total. The molecule has 0 spiro atoms. The fourth-order valence-corrected chi connectivity index (χ4v) is 2.83. The Morgan fingerprint density at radius 2 is 1.93 bits per heavy atom. The van der Waals surface area contributed by atoms with Gasteiger partial charge >= 0.3 is 0 Å². The van der Waals surface area contributed by atoms with Gasteiger partial charge in [-0.3, -0.25) is 0 Å². The van der Waals surface area contributed by atoms with Crippen LogP contribution in [0.1, 0.15) is 42.9 Å². The first-order valence-corrected chi connectivity index (χ1v) is 6.09. The van der Waals surface area contributed by atoms with Gasteiger partial charge in [-0.1, -0.05) is 18.2 Å². The molecule has 80 valence electrons. The van der Waals surface area contributed by atoms with Crippen LogP contribution in [0.3, 0.4) is 0 Å². The minimum atomic E-state index is -0.0857. The van der Waals surface area contributed by atoms with E-state index in [1.54, 1.807) is 11.1 Å². The summed E-state index contributed by atoms with van der Waals surface area (Å²) in [5, 5.41) is 0. The van der Waals surface area contributed by atoms with Crippen LogP contribution in [-0.4, -0.2) is 0 Å². The highest BCUT2D eigenvalue weighted by Gasteiger charge is 2.39. The largest absolute Gasteiger partial charge is 0.321 e. The highest BCUT2D eigenvalue weighted by Crippen LogP contribution is 2.44. The molecule has 0 saturated heterocycles. The maximum Gasteiger partial charge on any atom is 0.0409 e. The summed E-state index contributed by atoms with van der Waals surface area (Å²) in [6.45, 7) is 2.20. The van der Waals surface area contributed by atoms with E-state index in [0.717, 1.165) is 5.92 Å². The third-order valence-corrected chi connectivity index (χ3v) is 4.15. The number of aryl methyl sites for hydroxylation is 2. The summed E-state index contributed by atoms with van der Waals surface area (Å²) >= 11 is 0. The van der Waals surface area contributed by atoms with Gasteiger partial charge < -0.3 is 5.73 Å². The second kappa shape index (κ2) is 3.08. The van der Waals surface area contributed by atoms with Crippen molar-refractivity contribution in [2.24, 2.45) is 11.7 Å². The highest BCUT2D eigenvalue weighted by atomic mass is 14.8. The molecule has 1 heteroatoms. The molecule has 0 bridgehead atoms. The second-order valence-electron chi connectivity index (χ2n) is 5.39. The van der Waals surface area contributed by atoms with Crippen LogP contribution in [-0.2, 0) is 18.4 Å². The molecule has 1 unspecified atom stereocenters. The summed E-state index contributed by atoms with van der Waals surface area (Å²) in [6, 6.07) is 6.91. The zero-order chi connectivity index (χ0) is 10.5. The van der Waals surface area contributed by atoms with E-state index in [1.165, 1.54) is 37.7 Å². The lowest BCUT2D eigenvalue weighted by Gasteiger charge is -2.25. The van der Waals surface area contributed by atoms with Crippen molar-refractivity contribution in [2.45, 2.75) is 44.6 Å². The smallest absolute Gasteiger partial charge is 0.0409 e. The highest BCUT2D eigenvalue weighted by molar-refractivity contribution is 5.38. The Morgan fingerprint density at radius 3 is 2.67 bits per heavy atom. The molecular formula is C14H19N. The van der Waals surface area contributed by atoms with Crippen LogP contribution in [0.5, 0.6) is 0 Å². The lowest BCUT2D eigenvalue weighted by atomic mass is 9.86. The van der Waals surface area contributed by atoms with Crippen LogP contribution < -0.4 is 5.73 Å². The fourth-order valence-electron chi connectivity index (χ4n) is 2.83. The van der Waals surface area contributed by atoms with Crippen LogP contribution in [0.2, 0.25) is 0 Å². The van der Waals surface area contributed by atoms with Crippen LogP contribution in [0.25, 0.3) is 0 Å². The Balaban J connectivity index is 1.98. The molecule has 1 aromatic carbocycles. The summed E-state index contributed by atoms with van der Waals surface area (Å²) in [7, 11) is 0. The van der Waals surface area contributed by atoms with Gasteiger partial charge in [-0.2, -0.15) is 0 Å². The van der Waals surface area contributed by atoms with Gasteiger partial charge in [0, 0.05) is 5.54 Å². The molecule has 1 aromatic rings. The summed E-state index contributed by atoms with van der Waals surface area (Å²) in [4.78, 5) is 0. The first kappa shape index (κ1) is 9.41. The number of nitrogens with two attached hydrogens (primary N) is 1. The molecule has 0 amide bonds. The molecule has 3 rings (SSSR count). The SMILES string of the molecule is CC(N)(c1ccc2c(c1)CCC2)C1CC1. The maximum absolute atomic E-state index is 6.44. The van der Waals surface area contributed by atoms with Crippen molar-refractivity contribution in [3.05, 3.63) is 34.9 Å². The van der Waals surface area contributed by atoms with Gasteiger partial charge in [0.05, 0.1) is 0 Å². The summed E-state index contributed by atoms with van der Waals surface area (Å²) in [5.74, 6) is 0.719. The zero-order valence-electron chi connectivity index (χ0n) is 9.42. The molecule has 2 aliphatic rings. The third-order valence-electron chi connectivity index (χ3n) is 4.15. The monoisotopic (exact) mass is 201 g/mol. The molecular weight excluding hydrogens is 182 g/mol. The van der Waals surface area contributed by atoms with E-state index in [-0.39, 0.29) is 5.54 Å². The number of rotatable bonds is 2. The fraction of sp³-hybridized carbons (Fsp3) is 0.571. The number of hydrogen-bond donors (Lipinski definition) is 1. The van der Waals surface area contributed by atoms with Crippen molar-refractivity contribution in [1.82, 2.24) is 0 Å². The zero-order valence-corrected chi connectivity index (χ0v) is 9.42. The summed E-state index contributed by atoms with van der Waals surface area (Å²) < 4.78 is 0. The molecule has 2 aliphatic carbocycles. The number of fused-ring (bicyclic) bond motifs is 1. The van der Waals surface area contributed by atoms with Crippen molar-refractivity contribution in [3.8, 4) is 0 Å². The Bertz CT molecular complexity index is 388. The van der Waals surface area contributed by atoms with Gasteiger partial charge in [0.1, 0.15) is 0 Å². The molecule has 1 atom stereocenters. The topological polar surface area (TPSA) is 26.0 Å². The normalized spacial score (nSPS) is 23.6. The van der Waals surface area contributed by atoms with E-state index in [4.69, 9.17) is 5.73 Å². The first-order valence-electron chi connectivity index (χ1n) is 6.09. The van der Waals surface area contributed by atoms with Crippen molar-refractivity contribution < 1.29 is 0 Å². The standard InChI is InChI=1S/C14H19N/c1-14(15,12-7-8-12)13-6-5-10-3-2-4-11(10)9-13/h5-6,9,12H,2-4,7-8,15H2,1H3. The molecule has 1 saturated carbocycles. The molecule has 0 aromatic heterocycles. The van der Waals surface area contributed by atoms with Gasteiger partial charge in [0.25, 0.3) is 0 Å². The molecule has 2 N–H and O–H groups in total. The van der Waals surface area contributed by atoms with Crippen LogP contribution in [0.15, 0.2) is 18.2 Å². The van der Waals surface area contributed by atoms with E-state index < -0.39 is 0 Å². The van der Waals surface area contributed by atoms with E-state index >= 15 is 0 Å². The first-order chi connectivity index (χ1) is 7.18. The van der Waals surface area contributed by atoms with E-state index in [2.05, 4.69) is 25.1 Å². The minimum Gasteiger partial charge on any atom is -0.321 e. The van der Waals surface area contributed by atoms with Crippen LogP contribution in [0.4, 0.5) is 0 Å². The van der Waals surface area contributed by atoms with Gasteiger partial charge in [-0.15, -0.1) is 0 Å². The second-order valence-corrected chi connectivity index (χ2v) is 5.39. The summed E-state index contributed by atoms with van der Waals surface area (Å²) in [5.41, 5.74) is 10.8. The summed E-state index contributed by atoms with van der Waals surface area (Å²) in [6.07, 6.45) is 6.46. The average Bonchev–Trinajstić information content (AvgIpc) is 2.97. The Hall–Kier alpha value is -0.820. The van der Waals surface area contributed by atoms with Crippen molar-refractivity contribution >= 4 is 0 Å². The number of hydrogen-bond acceptors (Lipinski definition) is 1. The van der Waals surface area contributed by atoms with Gasteiger partial charge in [-0.25, -0.2) is 0 Å². The lowest BCUT2D eigenvalue weighted by molar-refractivity contribution is 0.427. The Kier molecular flexibility index (Phi) is 1.93. The van der Waals surface area contributed by atoms with E-state index in [1.807, 2.05) is 0 Å².